The second-order valence-electron chi connectivity index (χ2n) is 5.06. The summed E-state index contributed by atoms with van der Waals surface area (Å²) in [6.07, 6.45) is 4.64. The zero-order valence-electron chi connectivity index (χ0n) is 11.2. The number of carbonyl (C=O) groups is 1. The first kappa shape index (κ1) is 13.4. The molecular formula is C15H19N3O. The van der Waals surface area contributed by atoms with Gasteiger partial charge in [-0.2, -0.15) is 5.26 Å². The minimum absolute atomic E-state index is 0.0683. The fourth-order valence-corrected chi connectivity index (χ4v) is 2.44. The molecule has 0 aliphatic heterocycles. The fraction of sp³-hybridized carbons (Fsp3) is 0.467. The SMILES string of the molecule is CN(CC(=O)NC1CCCC1)c1ccc(C#N)cc1. The van der Waals surface area contributed by atoms with Crippen LogP contribution in [-0.2, 0) is 4.79 Å². The van der Waals surface area contributed by atoms with Crippen molar-refractivity contribution < 1.29 is 4.79 Å². The molecule has 0 spiro atoms. The Balaban J connectivity index is 1.86. The second-order valence-corrected chi connectivity index (χ2v) is 5.06. The van der Waals surface area contributed by atoms with Gasteiger partial charge in [0.2, 0.25) is 5.91 Å². The average Bonchev–Trinajstić information content (AvgIpc) is 2.91. The van der Waals surface area contributed by atoms with Gasteiger partial charge in [0, 0.05) is 18.8 Å². The molecule has 1 amide bonds. The van der Waals surface area contributed by atoms with Crippen LogP contribution in [0.4, 0.5) is 5.69 Å². The Morgan fingerprint density at radius 3 is 2.58 bits per heavy atom. The topological polar surface area (TPSA) is 56.1 Å². The first-order valence-corrected chi connectivity index (χ1v) is 6.69. The molecule has 2 rings (SSSR count). The Kier molecular flexibility index (Phi) is 4.40. The third-order valence-electron chi connectivity index (χ3n) is 3.54. The lowest BCUT2D eigenvalue weighted by Gasteiger charge is -2.20. The van der Waals surface area contributed by atoms with Crippen LogP contribution in [0.5, 0.6) is 0 Å². The van der Waals surface area contributed by atoms with Crippen molar-refractivity contribution in [2.75, 3.05) is 18.5 Å². The molecular weight excluding hydrogens is 238 g/mol. The summed E-state index contributed by atoms with van der Waals surface area (Å²) >= 11 is 0. The molecule has 0 saturated heterocycles. The van der Waals surface area contributed by atoms with Crippen LogP contribution in [0.2, 0.25) is 0 Å². The quantitative estimate of drug-likeness (QED) is 0.898. The highest BCUT2D eigenvalue weighted by Gasteiger charge is 2.17. The molecule has 0 aromatic heterocycles. The van der Waals surface area contributed by atoms with Gasteiger partial charge in [0.15, 0.2) is 0 Å². The molecule has 4 heteroatoms. The van der Waals surface area contributed by atoms with Crippen LogP contribution >= 0.6 is 0 Å². The van der Waals surface area contributed by atoms with Crippen LogP contribution in [-0.4, -0.2) is 25.5 Å². The van der Waals surface area contributed by atoms with Crippen molar-refractivity contribution in [2.24, 2.45) is 0 Å². The minimum atomic E-state index is 0.0683. The molecule has 0 unspecified atom stereocenters. The normalized spacial score (nSPS) is 14.9. The zero-order valence-corrected chi connectivity index (χ0v) is 11.2. The maximum atomic E-state index is 11.9. The first-order valence-electron chi connectivity index (χ1n) is 6.69. The van der Waals surface area contributed by atoms with Crippen molar-refractivity contribution in [3.05, 3.63) is 29.8 Å². The number of nitriles is 1. The van der Waals surface area contributed by atoms with E-state index in [1.165, 1.54) is 12.8 Å². The van der Waals surface area contributed by atoms with E-state index in [0.717, 1.165) is 18.5 Å². The number of nitrogens with one attached hydrogen (secondary N) is 1. The van der Waals surface area contributed by atoms with Crippen molar-refractivity contribution in [3.63, 3.8) is 0 Å². The van der Waals surface area contributed by atoms with Crippen molar-refractivity contribution in [3.8, 4) is 6.07 Å². The van der Waals surface area contributed by atoms with Crippen molar-refractivity contribution >= 4 is 11.6 Å². The molecule has 0 atom stereocenters. The van der Waals surface area contributed by atoms with E-state index in [-0.39, 0.29) is 5.91 Å². The van der Waals surface area contributed by atoms with Crippen LogP contribution < -0.4 is 10.2 Å². The summed E-state index contributed by atoms with van der Waals surface area (Å²) in [5, 5.41) is 11.8. The van der Waals surface area contributed by atoms with E-state index in [2.05, 4.69) is 11.4 Å². The van der Waals surface area contributed by atoms with Gasteiger partial charge >= 0.3 is 0 Å². The van der Waals surface area contributed by atoms with Gasteiger partial charge in [-0.05, 0) is 37.1 Å². The van der Waals surface area contributed by atoms with Gasteiger partial charge in [-0.15, -0.1) is 0 Å². The van der Waals surface area contributed by atoms with Gasteiger partial charge in [0.1, 0.15) is 0 Å². The highest BCUT2D eigenvalue weighted by atomic mass is 16.2. The lowest BCUT2D eigenvalue weighted by molar-refractivity contribution is -0.120. The first-order chi connectivity index (χ1) is 9.19. The van der Waals surface area contributed by atoms with E-state index in [4.69, 9.17) is 5.26 Å². The van der Waals surface area contributed by atoms with Gasteiger partial charge in [0.05, 0.1) is 18.2 Å². The summed E-state index contributed by atoms with van der Waals surface area (Å²) in [6, 6.07) is 9.70. The molecule has 1 aromatic rings. The molecule has 0 radical (unpaired) electrons. The van der Waals surface area contributed by atoms with Gasteiger partial charge in [-0.25, -0.2) is 0 Å². The van der Waals surface area contributed by atoms with Crippen LogP contribution in [0, 0.1) is 11.3 Å². The van der Waals surface area contributed by atoms with E-state index in [1.54, 1.807) is 12.1 Å². The molecule has 1 aromatic carbocycles. The summed E-state index contributed by atoms with van der Waals surface area (Å²) in [6.45, 7) is 0.350. The minimum Gasteiger partial charge on any atom is -0.365 e. The van der Waals surface area contributed by atoms with E-state index in [9.17, 15) is 4.79 Å². The number of likely N-dealkylation sites (N-methyl/N-ethyl adjacent to an activating group) is 1. The summed E-state index contributed by atoms with van der Waals surface area (Å²) < 4.78 is 0. The molecule has 0 bridgehead atoms. The van der Waals surface area contributed by atoms with Crippen molar-refractivity contribution in [1.29, 1.82) is 5.26 Å². The third kappa shape index (κ3) is 3.72. The Morgan fingerprint density at radius 2 is 2.00 bits per heavy atom. The van der Waals surface area contributed by atoms with Crippen LogP contribution in [0.25, 0.3) is 0 Å². The predicted molar refractivity (Wildman–Crippen MR) is 74.8 cm³/mol. The van der Waals surface area contributed by atoms with Gasteiger partial charge in [0.25, 0.3) is 0 Å². The monoisotopic (exact) mass is 257 g/mol. The third-order valence-corrected chi connectivity index (χ3v) is 3.54. The Labute approximate surface area is 114 Å². The highest BCUT2D eigenvalue weighted by Crippen LogP contribution is 2.18. The van der Waals surface area contributed by atoms with Crippen LogP contribution in [0.3, 0.4) is 0 Å². The van der Waals surface area contributed by atoms with Gasteiger partial charge in [-0.3, -0.25) is 4.79 Å². The molecule has 1 N–H and O–H groups in total. The number of anilines is 1. The number of hydrogen-bond acceptors (Lipinski definition) is 3. The molecule has 1 aliphatic carbocycles. The Morgan fingerprint density at radius 1 is 1.37 bits per heavy atom. The Bertz CT molecular complexity index is 469. The number of hydrogen-bond donors (Lipinski definition) is 1. The summed E-state index contributed by atoms with van der Waals surface area (Å²) in [7, 11) is 1.88. The van der Waals surface area contributed by atoms with E-state index in [1.807, 2.05) is 24.1 Å². The lowest BCUT2D eigenvalue weighted by Crippen LogP contribution is -2.39. The van der Waals surface area contributed by atoms with Crippen LogP contribution in [0.15, 0.2) is 24.3 Å². The van der Waals surface area contributed by atoms with Gasteiger partial charge < -0.3 is 10.2 Å². The molecule has 4 nitrogen and oxygen atoms in total. The largest absolute Gasteiger partial charge is 0.365 e. The zero-order chi connectivity index (χ0) is 13.7. The van der Waals surface area contributed by atoms with Gasteiger partial charge in [-0.1, -0.05) is 12.8 Å². The molecule has 1 aliphatic rings. The number of amides is 1. The number of benzene rings is 1. The summed E-state index contributed by atoms with van der Waals surface area (Å²) in [4.78, 5) is 13.8. The molecule has 1 saturated carbocycles. The second kappa shape index (κ2) is 6.24. The smallest absolute Gasteiger partial charge is 0.239 e. The summed E-state index contributed by atoms with van der Waals surface area (Å²) in [5.41, 5.74) is 1.58. The molecule has 0 heterocycles. The fourth-order valence-electron chi connectivity index (χ4n) is 2.44. The van der Waals surface area contributed by atoms with Crippen LogP contribution in [0.1, 0.15) is 31.2 Å². The molecule has 19 heavy (non-hydrogen) atoms. The number of nitrogens with zero attached hydrogens (tertiary/aromatic N) is 2. The molecule has 100 valence electrons. The van der Waals surface area contributed by atoms with Crippen molar-refractivity contribution in [2.45, 2.75) is 31.7 Å². The lowest BCUT2D eigenvalue weighted by atomic mass is 10.2. The Hall–Kier alpha value is -2.02. The average molecular weight is 257 g/mol. The van der Waals surface area contributed by atoms with E-state index in [0.29, 0.717) is 18.2 Å². The predicted octanol–water partition coefficient (Wildman–Crippen LogP) is 2.05. The maximum Gasteiger partial charge on any atom is 0.239 e. The molecule has 1 fully saturated rings. The standard InChI is InChI=1S/C15H19N3O/c1-18(14-8-6-12(10-16)7-9-14)11-15(19)17-13-4-2-3-5-13/h6-9,13H,2-5,11H2,1H3,(H,17,19). The summed E-state index contributed by atoms with van der Waals surface area (Å²) in [5.74, 6) is 0.0683. The number of rotatable bonds is 4. The highest BCUT2D eigenvalue weighted by molar-refractivity contribution is 5.81. The maximum absolute atomic E-state index is 11.9. The van der Waals surface area contributed by atoms with Crippen molar-refractivity contribution in [1.82, 2.24) is 5.32 Å². The number of carbonyl (C=O) groups excluding carboxylic acids is 1. The van der Waals surface area contributed by atoms with E-state index < -0.39 is 0 Å². The van der Waals surface area contributed by atoms with E-state index >= 15 is 0 Å².